The summed E-state index contributed by atoms with van der Waals surface area (Å²) < 4.78 is 7.72. The van der Waals surface area contributed by atoms with Crippen molar-refractivity contribution in [2.45, 2.75) is 59.6 Å². The number of nitrogen functional groups attached to an aromatic ring is 1. The maximum absolute atomic E-state index is 11.0. The minimum absolute atomic E-state index is 0.0463. The fraction of sp³-hybridized carbons (Fsp3) is 0.645. The van der Waals surface area contributed by atoms with Crippen LogP contribution in [0.4, 0.5) is 5.82 Å². The summed E-state index contributed by atoms with van der Waals surface area (Å²) in [6, 6.07) is 6.39. The number of nitrogens with zero attached hydrogens (tertiary/aromatic N) is 5. The number of benzene rings is 1. The van der Waals surface area contributed by atoms with Crippen molar-refractivity contribution in [3.63, 3.8) is 0 Å². The van der Waals surface area contributed by atoms with Crippen molar-refractivity contribution >= 4 is 33.7 Å². The predicted octanol–water partition coefficient (Wildman–Crippen LogP) is 2.16. The highest BCUT2D eigenvalue weighted by Crippen LogP contribution is 2.32. The van der Waals surface area contributed by atoms with E-state index in [2.05, 4.69) is 33.3 Å². The van der Waals surface area contributed by atoms with Gasteiger partial charge in [-0.05, 0) is 57.3 Å². The van der Waals surface area contributed by atoms with Crippen LogP contribution in [0.3, 0.4) is 0 Å². The van der Waals surface area contributed by atoms with E-state index in [0.717, 1.165) is 87.9 Å². The third kappa shape index (κ3) is 8.17. The first kappa shape index (κ1) is 32.1. The minimum Gasteiger partial charge on any atom is -0.396 e. The zero-order valence-electron chi connectivity index (χ0n) is 25.6. The number of carbonyl (C=O) groups excluding carboxylic acids is 1. The van der Waals surface area contributed by atoms with Crippen molar-refractivity contribution in [2.24, 2.45) is 5.41 Å². The molecule has 1 aliphatic heterocycles. The highest BCUT2D eigenvalue weighted by molar-refractivity contribution is 6.06. The summed E-state index contributed by atoms with van der Waals surface area (Å²) in [6.07, 6.45) is 4.17. The van der Waals surface area contributed by atoms with E-state index >= 15 is 0 Å². The molecule has 1 amide bonds. The van der Waals surface area contributed by atoms with Crippen LogP contribution < -0.4 is 11.1 Å². The minimum atomic E-state index is -0.724. The second-order valence-electron chi connectivity index (χ2n) is 11.9. The van der Waals surface area contributed by atoms with Crippen molar-refractivity contribution in [3.8, 4) is 0 Å². The summed E-state index contributed by atoms with van der Waals surface area (Å²) >= 11 is 0. The topological polar surface area (TPSA) is 142 Å². The van der Waals surface area contributed by atoms with E-state index in [4.69, 9.17) is 20.4 Å². The van der Waals surface area contributed by atoms with Crippen molar-refractivity contribution in [2.75, 3.05) is 71.4 Å². The number of aromatic nitrogens is 3. The molecular formula is C31H49N7O4. The number of piperazine rings is 1. The smallest absolute Gasteiger partial charge is 0.216 e. The first-order valence-corrected chi connectivity index (χ1v) is 15.3. The summed E-state index contributed by atoms with van der Waals surface area (Å²) in [5.41, 5.74) is 9.23. The van der Waals surface area contributed by atoms with Crippen molar-refractivity contribution in [1.82, 2.24) is 29.7 Å². The van der Waals surface area contributed by atoms with Crippen LogP contribution in [0.1, 0.15) is 51.4 Å². The molecule has 3 aromatic rings. The Morgan fingerprint density at radius 1 is 1.07 bits per heavy atom. The van der Waals surface area contributed by atoms with Crippen molar-refractivity contribution in [3.05, 3.63) is 29.6 Å². The van der Waals surface area contributed by atoms with Gasteiger partial charge in [0.2, 0.25) is 5.91 Å². The molecule has 11 heteroatoms. The highest BCUT2D eigenvalue weighted by atomic mass is 16.5. The second-order valence-corrected chi connectivity index (χ2v) is 11.9. The molecule has 2 aromatic heterocycles. The van der Waals surface area contributed by atoms with Gasteiger partial charge in [-0.15, -0.1) is 0 Å². The Labute approximate surface area is 249 Å². The Hall–Kier alpha value is -2.83. The number of anilines is 1. The number of fused-ring (bicyclic) bond motifs is 3. The van der Waals surface area contributed by atoms with E-state index < -0.39 is 5.41 Å². The Kier molecular flexibility index (Phi) is 11.5. The Balaban J connectivity index is 1.39. The Morgan fingerprint density at radius 3 is 2.40 bits per heavy atom. The number of unbranched alkanes of at least 4 members (excludes halogenated alkanes) is 1. The molecule has 4 rings (SSSR count). The molecule has 1 aliphatic rings. The van der Waals surface area contributed by atoms with Crippen molar-refractivity contribution in [1.29, 1.82) is 0 Å². The van der Waals surface area contributed by atoms with Crippen molar-refractivity contribution < 1.29 is 19.7 Å². The van der Waals surface area contributed by atoms with Gasteiger partial charge in [0.15, 0.2) is 5.82 Å². The predicted molar refractivity (Wildman–Crippen MR) is 166 cm³/mol. The summed E-state index contributed by atoms with van der Waals surface area (Å²) in [5, 5.41) is 23.8. The lowest BCUT2D eigenvalue weighted by Crippen LogP contribution is -2.46. The summed E-state index contributed by atoms with van der Waals surface area (Å²) in [4.78, 5) is 25.5. The van der Waals surface area contributed by atoms with Crippen LogP contribution in [0, 0.1) is 5.41 Å². The lowest BCUT2D eigenvalue weighted by Gasteiger charge is -2.34. The lowest BCUT2D eigenvalue weighted by atomic mass is 9.92. The van der Waals surface area contributed by atoms with Gasteiger partial charge in [0.05, 0.1) is 24.2 Å². The Bertz CT molecular complexity index is 1320. The molecule has 0 radical (unpaired) electrons. The number of aliphatic hydroxyl groups excluding tert-OH is 2. The van der Waals surface area contributed by atoms with Crippen LogP contribution in [-0.4, -0.2) is 106 Å². The summed E-state index contributed by atoms with van der Waals surface area (Å²) in [6.45, 7) is 13.6. The third-order valence-electron chi connectivity index (χ3n) is 8.27. The van der Waals surface area contributed by atoms with E-state index in [0.29, 0.717) is 36.9 Å². The number of imidazole rings is 1. The SMILES string of the molecule is CCOCc1nc2c(N)nc3cc(CCCN4CCN(CCCCNC(C)=O)CC4)ccc3c2n1CC(C)(CO)CO. The number of hydrogen-bond acceptors (Lipinski definition) is 9. The standard InChI is InChI=1S/C31H49N7O4/c1-4-42-19-27-35-28-29(38(27)20-31(3,21-39)22-40)25-10-9-24(18-26(25)34-30(28)32)8-7-13-37-16-14-36(15-17-37)12-6-5-11-33-23(2)41/h9-10,18,39-40H,4-8,11-17,19-22H2,1-3H3,(H2,32,34)(H,33,41). The number of nitrogens with one attached hydrogen (secondary N) is 1. The quantitative estimate of drug-likeness (QED) is 0.187. The van der Waals surface area contributed by atoms with Gasteiger partial charge in [-0.25, -0.2) is 9.97 Å². The van der Waals surface area contributed by atoms with E-state index in [1.165, 1.54) is 5.56 Å². The first-order valence-electron chi connectivity index (χ1n) is 15.3. The summed E-state index contributed by atoms with van der Waals surface area (Å²) in [7, 11) is 0. The molecule has 0 atom stereocenters. The van der Waals surface area contributed by atoms with Gasteiger partial charge in [0.1, 0.15) is 17.9 Å². The third-order valence-corrected chi connectivity index (χ3v) is 8.27. The number of hydrogen-bond donors (Lipinski definition) is 4. The zero-order chi connectivity index (χ0) is 30.1. The molecule has 232 valence electrons. The van der Waals surface area contributed by atoms with Crippen LogP contribution in [0.5, 0.6) is 0 Å². The molecule has 0 spiro atoms. The fourth-order valence-electron chi connectivity index (χ4n) is 5.63. The molecule has 0 aliphatic carbocycles. The molecular weight excluding hydrogens is 534 g/mol. The molecule has 5 N–H and O–H groups in total. The molecule has 0 saturated carbocycles. The van der Waals surface area contributed by atoms with Gasteiger partial charge in [-0.1, -0.05) is 19.1 Å². The van der Waals surface area contributed by atoms with E-state index in [-0.39, 0.29) is 19.1 Å². The number of aryl methyl sites for hydroxylation is 1. The normalized spacial score (nSPS) is 15.2. The average molecular weight is 584 g/mol. The number of ether oxygens (including phenoxy) is 1. The van der Waals surface area contributed by atoms with Crippen LogP contribution >= 0.6 is 0 Å². The maximum atomic E-state index is 11.0. The van der Waals surface area contributed by atoms with Gasteiger partial charge < -0.3 is 40.4 Å². The number of carbonyl (C=O) groups is 1. The average Bonchev–Trinajstić information content (AvgIpc) is 3.34. The van der Waals surface area contributed by atoms with Gasteiger partial charge in [0, 0.05) is 63.6 Å². The van der Waals surface area contributed by atoms with Gasteiger partial charge >= 0.3 is 0 Å². The largest absolute Gasteiger partial charge is 0.396 e. The number of nitrogens with two attached hydrogens (primary N) is 1. The van der Waals surface area contributed by atoms with Crippen LogP contribution in [0.15, 0.2) is 18.2 Å². The van der Waals surface area contributed by atoms with Crippen LogP contribution in [-0.2, 0) is 29.1 Å². The number of aliphatic hydroxyl groups is 2. The van der Waals surface area contributed by atoms with Gasteiger partial charge in [0.25, 0.3) is 0 Å². The van der Waals surface area contributed by atoms with Gasteiger partial charge in [-0.3, -0.25) is 4.79 Å². The molecule has 0 bridgehead atoms. The van der Waals surface area contributed by atoms with E-state index in [9.17, 15) is 15.0 Å². The number of amides is 1. The molecule has 3 heterocycles. The summed E-state index contributed by atoms with van der Waals surface area (Å²) in [5.74, 6) is 1.12. The first-order chi connectivity index (χ1) is 20.3. The molecule has 42 heavy (non-hydrogen) atoms. The lowest BCUT2D eigenvalue weighted by molar-refractivity contribution is -0.118. The zero-order valence-corrected chi connectivity index (χ0v) is 25.6. The monoisotopic (exact) mass is 583 g/mol. The maximum Gasteiger partial charge on any atom is 0.216 e. The molecule has 0 unspecified atom stereocenters. The molecule has 1 fully saturated rings. The second kappa shape index (κ2) is 15.1. The Morgan fingerprint density at radius 2 is 1.76 bits per heavy atom. The van der Waals surface area contributed by atoms with E-state index in [1.807, 2.05) is 18.4 Å². The molecule has 1 saturated heterocycles. The molecule has 11 nitrogen and oxygen atoms in total. The highest BCUT2D eigenvalue weighted by Gasteiger charge is 2.27. The number of pyridine rings is 1. The van der Waals surface area contributed by atoms with Crippen LogP contribution in [0.25, 0.3) is 21.9 Å². The number of rotatable bonds is 16. The van der Waals surface area contributed by atoms with E-state index in [1.54, 1.807) is 6.92 Å². The van der Waals surface area contributed by atoms with Gasteiger partial charge in [-0.2, -0.15) is 0 Å². The molecule has 1 aromatic carbocycles. The van der Waals surface area contributed by atoms with Crippen LogP contribution in [0.2, 0.25) is 0 Å². The fourth-order valence-corrected chi connectivity index (χ4v) is 5.63.